The number of nitrogens with zero attached hydrogens (tertiary/aromatic N) is 4. The Hall–Kier alpha value is -8.20. The van der Waals surface area contributed by atoms with Gasteiger partial charge in [-0.2, -0.15) is 0 Å². The predicted octanol–water partition coefficient (Wildman–Crippen LogP) is 17.5. The van der Waals surface area contributed by atoms with E-state index in [0.717, 1.165) is 142 Å². The molecular weight excluding hydrogens is 1770 g/mol. The number of rotatable bonds is 36. The molecule has 12 aliphatic rings. The summed E-state index contributed by atoms with van der Waals surface area (Å²) < 4.78 is 32.1. The second kappa shape index (κ2) is 76.5. The molecule has 4 aromatic rings. The monoisotopic (exact) mass is 1950 g/mol. The first-order valence-corrected chi connectivity index (χ1v) is 52.4. The fraction of sp³-hybridized carbons (Fsp3) is 0.743. The van der Waals surface area contributed by atoms with Gasteiger partial charge in [0.1, 0.15) is 37.6 Å². The molecule has 4 saturated heterocycles. The fourth-order valence-electron chi connectivity index (χ4n) is 17.7. The van der Waals surface area contributed by atoms with Crippen molar-refractivity contribution in [1.82, 2.24) is 62.5 Å². The number of carboxylic acids is 4. The summed E-state index contributed by atoms with van der Waals surface area (Å²) in [6, 6.07) is 14.2. The number of alkyl carbamates (subject to hydrolysis) is 1. The van der Waals surface area contributed by atoms with Crippen LogP contribution in [0.4, 0.5) is 4.79 Å². The maximum atomic E-state index is 11.2. The number of hydrogen-bond acceptors (Lipinski definition) is 22. The van der Waals surface area contributed by atoms with Crippen molar-refractivity contribution in [2.45, 2.75) is 417 Å². The van der Waals surface area contributed by atoms with Crippen molar-refractivity contribution in [2.24, 2.45) is 23.7 Å². The Kier molecular flexibility index (Phi) is 69.8. The number of methoxy groups -OCH3 is 1. The summed E-state index contributed by atoms with van der Waals surface area (Å²) in [4.78, 5) is 108. The summed E-state index contributed by atoms with van der Waals surface area (Å²) in [5.41, 5.74) is 15.8. The average molecular weight is 1950 g/mol. The molecule has 4 atom stereocenters. The van der Waals surface area contributed by atoms with Crippen LogP contribution in [0.3, 0.4) is 0 Å². The van der Waals surface area contributed by atoms with Crippen LogP contribution >= 0.6 is 0 Å². The summed E-state index contributed by atoms with van der Waals surface area (Å²) in [6.07, 6.45) is 45.8. The van der Waals surface area contributed by atoms with Crippen LogP contribution in [0.2, 0.25) is 0 Å². The lowest BCUT2D eigenvalue weighted by Crippen LogP contribution is -2.42. The standard InChI is InChI=1S/C21H30N2O5.3C21H30N2O4.C5H11N.C4H9N.C3H7N.C2H5NO.4C2H6.3CH4/c1-27-21(26)23-19(20(24)25)10-11-28-17-12-14(13-17)6-8-16-9-7-15-4-2-3-5-18(15)22-16;3*1-14(24)22-20(21(25)26)10-11-27-18-12-15(13-18)6-8-17-9-7-16-4-2-3-5-19(16)23-17;1-2-4-6-5-3-1;1-2-4-5-3-1;1-2-4-3-1;1-3-2-4-1;4*1-2;;;/h7,9,14,17,19H,2-6,8,10-13H2,1H3,(H,23,26)(H,24,25);3*7,9,15,18,20H,2-6,8,10-13H2,1H3,(H,22,24)(H,25,26);6H,1-5H2;5H,1-4H2;4H,1-3H2;3H,1-2H2;4*1-2H3;3*1H4. The van der Waals surface area contributed by atoms with Crippen molar-refractivity contribution in [2.75, 3.05) is 86.3 Å². The number of aliphatic carboxylic acids is 4. The van der Waals surface area contributed by atoms with E-state index >= 15 is 0 Å². The molecule has 0 aromatic carbocycles. The molecule has 30 nitrogen and oxygen atoms in total. The van der Waals surface area contributed by atoms with Crippen molar-refractivity contribution in [3.63, 3.8) is 0 Å². The van der Waals surface area contributed by atoms with Gasteiger partial charge in [-0.05, 0) is 347 Å². The fourth-order valence-corrected chi connectivity index (χ4v) is 17.7. The molecule has 8 heterocycles. The van der Waals surface area contributed by atoms with Gasteiger partial charge in [0.05, 0.1) is 31.5 Å². The van der Waals surface area contributed by atoms with E-state index in [1.54, 1.807) is 0 Å². The van der Waals surface area contributed by atoms with Gasteiger partial charge in [-0.3, -0.25) is 39.6 Å². The third-order valence-electron chi connectivity index (χ3n) is 26.1. The van der Waals surface area contributed by atoms with Crippen LogP contribution in [0.15, 0.2) is 48.5 Å². The molecule has 792 valence electrons. The Morgan fingerprint density at radius 2 is 0.540 bits per heavy atom. The molecule has 12 N–H and O–H groups in total. The Morgan fingerprint density at radius 1 is 0.331 bits per heavy atom. The first-order chi connectivity index (χ1) is 66.1. The minimum atomic E-state index is -1.09. The molecule has 4 aliphatic heterocycles. The number of pyridine rings is 4. The van der Waals surface area contributed by atoms with Crippen LogP contribution in [-0.2, 0) is 139 Å². The lowest BCUT2D eigenvalue weighted by atomic mass is 9.79. The zero-order chi connectivity index (χ0) is 99.0. The van der Waals surface area contributed by atoms with Gasteiger partial charge in [-0.25, -0.2) is 24.0 Å². The van der Waals surface area contributed by atoms with E-state index in [-0.39, 0.29) is 70.8 Å². The molecule has 0 bridgehead atoms. The minimum absolute atomic E-state index is 0. The van der Waals surface area contributed by atoms with E-state index in [1.807, 2.05) is 55.4 Å². The number of nitrogens with one attached hydrogen (secondary N) is 8. The molecule has 8 fully saturated rings. The molecule has 30 heteroatoms. The molecule has 4 saturated carbocycles. The number of ether oxygens (including phenoxy) is 6. The number of hydrogen-bond donors (Lipinski definition) is 12. The van der Waals surface area contributed by atoms with Crippen molar-refractivity contribution in [3.8, 4) is 0 Å². The third-order valence-corrected chi connectivity index (χ3v) is 26.1. The molecule has 0 radical (unpaired) electrons. The SMILES string of the molecule is C.C.C.C1CCNC1.C1CCNCC1.C1CNC1.C1NCO1.CC.CC.CC.CC.CC(=O)NC(CCOC1CC(CCc2ccc3c(n2)CCCC3)C1)C(=O)O.CC(=O)NC(CCOC1CC(CCc2ccc3c(n2)CCCC3)C1)C(=O)O.CC(=O)NC(CCOC1CC(CCc2ccc3c(n2)CCCC3)C1)C(=O)O.COC(=O)NC(CCOC1CC(CCc2ccc3c(n2)CCCC3)C1)C(=O)O. The lowest BCUT2D eigenvalue weighted by Gasteiger charge is -2.35. The van der Waals surface area contributed by atoms with Crippen molar-refractivity contribution < 1.29 is 87.2 Å². The summed E-state index contributed by atoms with van der Waals surface area (Å²) in [7, 11) is 1.21. The number of carboxylic acid groups (broad SMARTS) is 4. The largest absolute Gasteiger partial charge is 0.480 e. The van der Waals surface area contributed by atoms with Crippen LogP contribution in [0.25, 0.3) is 0 Å². The van der Waals surface area contributed by atoms with Crippen LogP contribution < -0.4 is 42.5 Å². The highest BCUT2D eigenvalue weighted by molar-refractivity contribution is 5.83. The molecule has 8 aliphatic carbocycles. The highest BCUT2D eigenvalue weighted by Crippen LogP contribution is 2.38. The van der Waals surface area contributed by atoms with Gasteiger partial charge in [0.2, 0.25) is 17.7 Å². The average Bonchev–Trinajstić information content (AvgIpc) is 1.00. The van der Waals surface area contributed by atoms with Crippen LogP contribution in [0, 0.1) is 23.7 Å². The van der Waals surface area contributed by atoms with Crippen molar-refractivity contribution in [3.05, 3.63) is 116 Å². The van der Waals surface area contributed by atoms with Gasteiger partial charge < -0.3 is 86.1 Å². The first kappa shape index (κ1) is 127. The van der Waals surface area contributed by atoms with E-state index in [4.69, 9.17) is 59.3 Å². The summed E-state index contributed by atoms with van der Waals surface area (Å²) in [5, 5.41) is 58.4. The van der Waals surface area contributed by atoms with Crippen LogP contribution in [0.5, 0.6) is 0 Å². The predicted molar refractivity (Wildman–Crippen MR) is 554 cm³/mol. The summed E-state index contributed by atoms with van der Waals surface area (Å²) in [6.45, 7) is 30.4. The normalized spacial score (nSPS) is 20.9. The van der Waals surface area contributed by atoms with Gasteiger partial charge >= 0.3 is 30.0 Å². The maximum absolute atomic E-state index is 11.2. The van der Waals surface area contributed by atoms with Crippen LogP contribution in [-0.4, -0.2) is 223 Å². The number of piperidine rings is 1. The Morgan fingerprint density at radius 3 is 0.719 bits per heavy atom. The molecule has 16 rings (SSSR count). The van der Waals surface area contributed by atoms with Gasteiger partial charge in [-0.1, -0.05) is 108 Å². The minimum Gasteiger partial charge on any atom is -0.480 e. The number of aromatic nitrogens is 4. The number of carbonyl (C=O) groups is 8. The number of fused-ring (bicyclic) bond motifs is 4. The molecule has 4 unspecified atom stereocenters. The Bertz CT molecular complexity index is 3680. The number of amides is 4. The Balaban J connectivity index is 0.000000568. The molecule has 0 spiro atoms. The highest BCUT2D eigenvalue weighted by atomic mass is 16.5. The summed E-state index contributed by atoms with van der Waals surface area (Å²) in [5.74, 6) is -2.49. The zero-order valence-corrected chi connectivity index (χ0v) is 85.0. The molecule has 4 amide bonds. The first-order valence-electron chi connectivity index (χ1n) is 52.4. The number of carbonyl (C=O) groups excluding carboxylic acids is 4. The van der Waals surface area contributed by atoms with E-state index in [0.29, 0.717) is 69.4 Å². The summed E-state index contributed by atoms with van der Waals surface area (Å²) >= 11 is 0. The third kappa shape index (κ3) is 52.6. The quantitative estimate of drug-likeness (QED) is 0.0201. The molecule has 4 aromatic heterocycles. The Labute approximate surface area is 836 Å². The van der Waals surface area contributed by atoms with E-state index in [1.165, 1.54) is 251 Å². The zero-order valence-electron chi connectivity index (χ0n) is 85.0. The van der Waals surface area contributed by atoms with Crippen molar-refractivity contribution >= 4 is 47.7 Å². The van der Waals surface area contributed by atoms with Gasteiger partial charge in [0.15, 0.2) is 0 Å². The second-order valence-corrected chi connectivity index (χ2v) is 36.5. The highest BCUT2D eigenvalue weighted by Gasteiger charge is 2.35. The number of aryl methyl sites for hydroxylation is 12. The lowest BCUT2D eigenvalue weighted by molar-refractivity contribution is -0.143. The maximum Gasteiger partial charge on any atom is 0.407 e. The smallest absolute Gasteiger partial charge is 0.407 e. The van der Waals surface area contributed by atoms with Crippen LogP contribution in [0.1, 0.15) is 359 Å². The molecule has 139 heavy (non-hydrogen) atoms. The second-order valence-electron chi connectivity index (χ2n) is 36.5. The van der Waals surface area contributed by atoms with Crippen molar-refractivity contribution in [1.29, 1.82) is 0 Å². The van der Waals surface area contributed by atoms with Gasteiger partial charge in [0, 0.05) is 118 Å². The topological polar surface area (TPSA) is 421 Å². The van der Waals surface area contributed by atoms with E-state index in [2.05, 4.69) is 101 Å². The van der Waals surface area contributed by atoms with Gasteiger partial charge in [-0.15, -0.1) is 0 Å². The van der Waals surface area contributed by atoms with Gasteiger partial charge in [0.25, 0.3) is 0 Å². The van der Waals surface area contributed by atoms with E-state index < -0.39 is 54.1 Å². The van der Waals surface area contributed by atoms with E-state index in [9.17, 15) is 38.4 Å². The molecular formula is C109H188N12O18.